The van der Waals surface area contributed by atoms with E-state index in [-0.39, 0.29) is 0 Å². The molecule has 2 saturated carbocycles. The van der Waals surface area contributed by atoms with Gasteiger partial charge in [-0.25, -0.2) is 0 Å². The summed E-state index contributed by atoms with van der Waals surface area (Å²) in [6.45, 7) is 2.24. The quantitative estimate of drug-likeness (QED) is 0.842. The predicted molar refractivity (Wildman–Crippen MR) is 81.3 cm³/mol. The summed E-state index contributed by atoms with van der Waals surface area (Å²) >= 11 is 0. The number of hydrogen-bond donors (Lipinski definition) is 1. The molecule has 4 unspecified atom stereocenters. The molecule has 104 valence electrons. The van der Waals surface area contributed by atoms with Gasteiger partial charge in [0, 0.05) is 6.04 Å². The number of hydrogen-bond acceptors (Lipinski definition) is 1. The minimum atomic E-state index is 0.658. The van der Waals surface area contributed by atoms with Crippen molar-refractivity contribution < 1.29 is 0 Å². The first kappa shape index (κ1) is 13.2. The Morgan fingerprint density at radius 1 is 1.21 bits per heavy atom. The van der Waals surface area contributed by atoms with E-state index >= 15 is 0 Å². The van der Waals surface area contributed by atoms with Crippen molar-refractivity contribution in [3.8, 4) is 0 Å². The van der Waals surface area contributed by atoms with Gasteiger partial charge in [-0.15, -0.1) is 0 Å². The standard InChI is InChI=1S/C18H27N/c1-13-5-3-4-6-15(13)11-18(19-2)12-17-10-14-7-8-16(17)9-14/h3-6,14,16-19H,7-12H2,1-2H3. The zero-order valence-corrected chi connectivity index (χ0v) is 12.4. The Balaban J connectivity index is 1.60. The highest BCUT2D eigenvalue weighted by molar-refractivity contribution is 5.26. The van der Waals surface area contributed by atoms with Crippen LogP contribution in [-0.4, -0.2) is 13.1 Å². The van der Waals surface area contributed by atoms with Crippen molar-refractivity contribution in [2.75, 3.05) is 7.05 Å². The Hall–Kier alpha value is -0.820. The second-order valence-corrected chi connectivity index (χ2v) is 6.79. The fraction of sp³-hybridized carbons (Fsp3) is 0.667. The Morgan fingerprint density at radius 3 is 2.68 bits per heavy atom. The van der Waals surface area contributed by atoms with Gasteiger partial charge in [-0.1, -0.05) is 30.7 Å². The van der Waals surface area contributed by atoms with Crippen molar-refractivity contribution in [3.63, 3.8) is 0 Å². The molecule has 0 radical (unpaired) electrons. The Morgan fingerprint density at radius 2 is 2.05 bits per heavy atom. The molecule has 0 amide bonds. The summed E-state index contributed by atoms with van der Waals surface area (Å²) in [6, 6.07) is 9.50. The normalized spacial score (nSPS) is 30.7. The lowest BCUT2D eigenvalue weighted by Crippen LogP contribution is -2.31. The summed E-state index contributed by atoms with van der Waals surface area (Å²) in [5.74, 6) is 3.13. The van der Waals surface area contributed by atoms with Crippen LogP contribution in [0.1, 0.15) is 43.2 Å². The maximum absolute atomic E-state index is 3.56. The second-order valence-electron chi connectivity index (χ2n) is 6.79. The summed E-state index contributed by atoms with van der Waals surface area (Å²) < 4.78 is 0. The van der Waals surface area contributed by atoms with Gasteiger partial charge in [0.25, 0.3) is 0 Å². The number of aryl methyl sites for hydroxylation is 1. The van der Waals surface area contributed by atoms with Gasteiger partial charge in [-0.2, -0.15) is 0 Å². The van der Waals surface area contributed by atoms with Gasteiger partial charge in [0.05, 0.1) is 0 Å². The van der Waals surface area contributed by atoms with E-state index < -0.39 is 0 Å². The molecular formula is C18H27N. The third kappa shape index (κ3) is 2.86. The molecule has 1 N–H and O–H groups in total. The average molecular weight is 257 g/mol. The van der Waals surface area contributed by atoms with Crippen molar-refractivity contribution in [1.29, 1.82) is 0 Å². The highest BCUT2D eigenvalue weighted by Crippen LogP contribution is 2.49. The van der Waals surface area contributed by atoms with Gasteiger partial charge >= 0.3 is 0 Å². The molecule has 1 nitrogen and oxygen atoms in total. The van der Waals surface area contributed by atoms with Gasteiger partial charge in [0.15, 0.2) is 0 Å². The van der Waals surface area contributed by atoms with E-state index in [1.165, 1.54) is 49.7 Å². The zero-order valence-electron chi connectivity index (χ0n) is 12.4. The van der Waals surface area contributed by atoms with Crippen molar-refractivity contribution in [2.24, 2.45) is 17.8 Å². The maximum atomic E-state index is 3.56. The third-order valence-electron chi connectivity index (χ3n) is 5.61. The molecule has 1 aromatic rings. The van der Waals surface area contributed by atoms with Crippen LogP contribution in [0.15, 0.2) is 24.3 Å². The number of benzene rings is 1. The average Bonchev–Trinajstić information content (AvgIpc) is 3.02. The van der Waals surface area contributed by atoms with E-state index in [2.05, 4.69) is 43.6 Å². The lowest BCUT2D eigenvalue weighted by atomic mass is 9.83. The lowest BCUT2D eigenvalue weighted by Gasteiger charge is -2.27. The summed E-state index contributed by atoms with van der Waals surface area (Å²) in [4.78, 5) is 0. The van der Waals surface area contributed by atoms with Gasteiger partial charge in [0.1, 0.15) is 0 Å². The van der Waals surface area contributed by atoms with E-state index in [0.717, 1.165) is 17.8 Å². The van der Waals surface area contributed by atoms with Crippen LogP contribution >= 0.6 is 0 Å². The summed E-state index contributed by atoms with van der Waals surface area (Å²) in [5.41, 5.74) is 2.96. The number of rotatable bonds is 5. The summed E-state index contributed by atoms with van der Waals surface area (Å²) in [5, 5.41) is 3.56. The molecule has 3 rings (SSSR count). The molecule has 4 atom stereocenters. The summed E-state index contributed by atoms with van der Waals surface area (Å²) in [6.07, 6.45) is 8.64. The molecule has 1 heteroatoms. The van der Waals surface area contributed by atoms with Crippen LogP contribution < -0.4 is 5.32 Å². The fourth-order valence-electron chi connectivity index (χ4n) is 4.44. The SMILES string of the molecule is CNC(Cc1ccccc1C)CC1CC2CCC1C2. The summed E-state index contributed by atoms with van der Waals surface area (Å²) in [7, 11) is 2.14. The fourth-order valence-corrected chi connectivity index (χ4v) is 4.44. The van der Waals surface area contributed by atoms with Crippen LogP contribution in [0, 0.1) is 24.7 Å². The van der Waals surface area contributed by atoms with Crippen molar-refractivity contribution in [2.45, 2.75) is 51.5 Å². The van der Waals surface area contributed by atoms with Crippen LogP contribution in [0.2, 0.25) is 0 Å². The monoisotopic (exact) mass is 257 g/mol. The predicted octanol–water partition coefficient (Wildman–Crippen LogP) is 3.95. The largest absolute Gasteiger partial charge is 0.317 e. The first-order valence-electron chi connectivity index (χ1n) is 7.98. The van der Waals surface area contributed by atoms with Gasteiger partial charge in [-0.3, -0.25) is 0 Å². The molecule has 2 aliphatic rings. The molecule has 2 bridgehead atoms. The molecule has 2 aliphatic carbocycles. The number of fused-ring (bicyclic) bond motifs is 2. The van der Waals surface area contributed by atoms with Gasteiger partial charge in [-0.05, 0) is 75.0 Å². The lowest BCUT2D eigenvalue weighted by molar-refractivity contribution is 0.281. The maximum Gasteiger partial charge on any atom is 0.0107 e. The van der Waals surface area contributed by atoms with Crippen LogP contribution in [0.25, 0.3) is 0 Å². The molecule has 1 aromatic carbocycles. The molecule has 0 spiro atoms. The van der Waals surface area contributed by atoms with E-state index in [1.54, 1.807) is 0 Å². The Kier molecular flexibility index (Phi) is 3.93. The minimum absolute atomic E-state index is 0.658. The van der Waals surface area contributed by atoms with Crippen molar-refractivity contribution in [3.05, 3.63) is 35.4 Å². The van der Waals surface area contributed by atoms with Gasteiger partial charge in [0.2, 0.25) is 0 Å². The third-order valence-corrected chi connectivity index (χ3v) is 5.61. The van der Waals surface area contributed by atoms with Crippen LogP contribution in [0.4, 0.5) is 0 Å². The van der Waals surface area contributed by atoms with Crippen LogP contribution in [-0.2, 0) is 6.42 Å². The molecule has 19 heavy (non-hydrogen) atoms. The van der Waals surface area contributed by atoms with Crippen molar-refractivity contribution in [1.82, 2.24) is 5.32 Å². The molecular weight excluding hydrogens is 230 g/mol. The second kappa shape index (κ2) is 5.66. The molecule has 2 fully saturated rings. The van der Waals surface area contributed by atoms with E-state index in [9.17, 15) is 0 Å². The van der Waals surface area contributed by atoms with Crippen LogP contribution in [0.5, 0.6) is 0 Å². The first-order valence-corrected chi connectivity index (χ1v) is 7.98. The smallest absolute Gasteiger partial charge is 0.0107 e. The highest BCUT2D eigenvalue weighted by atomic mass is 14.9. The topological polar surface area (TPSA) is 12.0 Å². The Labute approximate surface area is 117 Å². The first-order chi connectivity index (χ1) is 9.26. The van der Waals surface area contributed by atoms with E-state index in [0.29, 0.717) is 6.04 Å². The van der Waals surface area contributed by atoms with Crippen molar-refractivity contribution >= 4 is 0 Å². The number of nitrogens with one attached hydrogen (secondary N) is 1. The minimum Gasteiger partial charge on any atom is -0.317 e. The number of likely N-dealkylation sites (N-methyl/N-ethyl adjacent to an activating group) is 1. The van der Waals surface area contributed by atoms with E-state index in [4.69, 9.17) is 0 Å². The highest BCUT2D eigenvalue weighted by Gasteiger charge is 2.39. The zero-order chi connectivity index (χ0) is 13.2. The molecule has 0 heterocycles. The molecule has 0 saturated heterocycles. The molecule has 0 aromatic heterocycles. The molecule has 0 aliphatic heterocycles. The van der Waals surface area contributed by atoms with Gasteiger partial charge < -0.3 is 5.32 Å². The van der Waals surface area contributed by atoms with E-state index in [1.807, 2.05) is 0 Å². The Bertz CT molecular complexity index is 425. The van der Waals surface area contributed by atoms with Crippen LogP contribution in [0.3, 0.4) is 0 Å².